The molecule has 3 aromatic carbocycles. The SMILES string of the molecule is Cc1cccc(S(=O)(=O)Oc2c(-c3ccccc3)c(C)nn2C(C)c2cccc(Cl)c2)c1. The summed E-state index contributed by atoms with van der Waals surface area (Å²) in [6, 6.07) is 23.3. The van der Waals surface area contributed by atoms with Crippen molar-refractivity contribution in [1.82, 2.24) is 9.78 Å². The lowest BCUT2D eigenvalue weighted by molar-refractivity contribution is 0.426. The van der Waals surface area contributed by atoms with E-state index in [4.69, 9.17) is 15.8 Å². The number of nitrogens with zero attached hydrogens (tertiary/aromatic N) is 2. The molecule has 0 radical (unpaired) electrons. The molecule has 4 aromatic rings. The van der Waals surface area contributed by atoms with Gasteiger partial charge in [-0.05, 0) is 61.7 Å². The van der Waals surface area contributed by atoms with E-state index in [2.05, 4.69) is 5.10 Å². The quantitative estimate of drug-likeness (QED) is 0.317. The molecule has 1 unspecified atom stereocenters. The minimum atomic E-state index is -4.09. The lowest BCUT2D eigenvalue weighted by atomic mass is 10.1. The first-order chi connectivity index (χ1) is 15.3. The average molecular weight is 467 g/mol. The Morgan fingerprint density at radius 3 is 2.34 bits per heavy atom. The van der Waals surface area contributed by atoms with Crippen LogP contribution in [0.5, 0.6) is 5.88 Å². The molecule has 164 valence electrons. The van der Waals surface area contributed by atoms with Gasteiger partial charge in [0.2, 0.25) is 5.88 Å². The molecule has 0 aliphatic rings. The third-order valence-electron chi connectivity index (χ3n) is 5.27. The maximum absolute atomic E-state index is 13.2. The third-order valence-corrected chi connectivity index (χ3v) is 6.71. The highest BCUT2D eigenvalue weighted by atomic mass is 35.5. The van der Waals surface area contributed by atoms with Crippen LogP contribution in [0.15, 0.2) is 83.8 Å². The van der Waals surface area contributed by atoms with E-state index in [1.165, 1.54) is 6.07 Å². The lowest BCUT2D eigenvalue weighted by Gasteiger charge is -2.17. The fraction of sp³-hybridized carbons (Fsp3) is 0.160. The Bertz CT molecular complexity index is 1370. The van der Waals surface area contributed by atoms with E-state index in [0.717, 1.165) is 16.7 Å². The van der Waals surface area contributed by atoms with Gasteiger partial charge in [0.25, 0.3) is 0 Å². The van der Waals surface area contributed by atoms with Crippen molar-refractivity contribution in [2.45, 2.75) is 31.7 Å². The molecule has 0 saturated carbocycles. The van der Waals surface area contributed by atoms with E-state index in [1.54, 1.807) is 22.9 Å². The predicted molar refractivity (Wildman–Crippen MR) is 127 cm³/mol. The van der Waals surface area contributed by atoms with Crippen LogP contribution >= 0.6 is 11.6 Å². The minimum absolute atomic E-state index is 0.0947. The van der Waals surface area contributed by atoms with Crippen molar-refractivity contribution >= 4 is 21.7 Å². The number of aromatic nitrogens is 2. The Morgan fingerprint density at radius 1 is 0.938 bits per heavy atom. The summed E-state index contributed by atoms with van der Waals surface area (Å²) in [6.45, 7) is 5.61. The second kappa shape index (κ2) is 8.81. The molecular weight excluding hydrogens is 444 g/mol. The van der Waals surface area contributed by atoms with Crippen molar-refractivity contribution in [3.05, 3.63) is 101 Å². The first kappa shape index (κ1) is 22.1. The molecule has 1 atom stereocenters. The van der Waals surface area contributed by atoms with Gasteiger partial charge in [-0.2, -0.15) is 13.5 Å². The van der Waals surface area contributed by atoms with Gasteiger partial charge in [-0.15, -0.1) is 0 Å². The van der Waals surface area contributed by atoms with Crippen LogP contribution in [-0.4, -0.2) is 18.2 Å². The second-order valence-electron chi connectivity index (χ2n) is 7.66. The molecule has 0 fully saturated rings. The summed E-state index contributed by atoms with van der Waals surface area (Å²) < 4.78 is 33.9. The first-order valence-electron chi connectivity index (χ1n) is 10.2. The van der Waals surface area contributed by atoms with Crippen LogP contribution < -0.4 is 4.18 Å². The summed E-state index contributed by atoms with van der Waals surface area (Å²) in [4.78, 5) is 0.0947. The maximum Gasteiger partial charge on any atom is 0.340 e. The number of hydrogen-bond acceptors (Lipinski definition) is 4. The molecule has 0 aliphatic heterocycles. The number of benzene rings is 3. The van der Waals surface area contributed by atoms with Crippen LogP contribution in [0, 0.1) is 13.8 Å². The Hall–Kier alpha value is -3.09. The van der Waals surface area contributed by atoms with Crippen LogP contribution in [0.3, 0.4) is 0 Å². The number of aryl methyl sites for hydroxylation is 2. The van der Waals surface area contributed by atoms with E-state index in [0.29, 0.717) is 16.3 Å². The second-order valence-corrected chi connectivity index (χ2v) is 9.64. The summed E-state index contributed by atoms with van der Waals surface area (Å²) in [6.07, 6.45) is 0. The Morgan fingerprint density at radius 2 is 1.66 bits per heavy atom. The van der Waals surface area contributed by atoms with Crippen LogP contribution in [0.25, 0.3) is 11.1 Å². The summed E-state index contributed by atoms with van der Waals surface area (Å²) in [5, 5.41) is 5.27. The highest BCUT2D eigenvalue weighted by Crippen LogP contribution is 2.38. The summed E-state index contributed by atoms with van der Waals surface area (Å²) in [5.41, 5.74) is 3.84. The van der Waals surface area contributed by atoms with E-state index in [-0.39, 0.29) is 16.8 Å². The molecule has 0 bridgehead atoms. The fourth-order valence-electron chi connectivity index (χ4n) is 3.64. The maximum atomic E-state index is 13.2. The van der Waals surface area contributed by atoms with E-state index >= 15 is 0 Å². The molecule has 32 heavy (non-hydrogen) atoms. The molecule has 4 rings (SSSR count). The summed E-state index contributed by atoms with van der Waals surface area (Å²) >= 11 is 6.19. The Kier molecular flexibility index (Phi) is 6.09. The monoisotopic (exact) mass is 466 g/mol. The fourth-order valence-corrected chi connectivity index (χ4v) is 4.87. The topological polar surface area (TPSA) is 61.2 Å². The zero-order chi connectivity index (χ0) is 22.9. The highest BCUT2D eigenvalue weighted by molar-refractivity contribution is 7.87. The van der Waals surface area contributed by atoms with Gasteiger partial charge >= 0.3 is 10.1 Å². The Labute approximate surface area is 193 Å². The number of rotatable bonds is 6. The van der Waals surface area contributed by atoms with Gasteiger partial charge in [-0.25, -0.2) is 4.68 Å². The van der Waals surface area contributed by atoms with E-state index < -0.39 is 10.1 Å². The molecule has 0 spiro atoms. The van der Waals surface area contributed by atoms with E-state index in [9.17, 15) is 8.42 Å². The standard InChI is InChI=1S/C25H23ClN2O3S/c1-17-9-7-14-23(15-17)32(29,30)31-25-24(20-10-5-4-6-11-20)18(2)27-28(25)19(3)21-12-8-13-22(26)16-21/h4-16,19H,1-3H3. The molecule has 0 saturated heterocycles. The van der Waals surface area contributed by atoms with Gasteiger partial charge in [0, 0.05) is 5.02 Å². The summed E-state index contributed by atoms with van der Waals surface area (Å²) in [7, 11) is -4.09. The van der Waals surface area contributed by atoms with Gasteiger partial charge in [0.05, 0.1) is 17.3 Å². The van der Waals surface area contributed by atoms with Gasteiger partial charge in [-0.1, -0.05) is 66.2 Å². The molecule has 5 nitrogen and oxygen atoms in total. The average Bonchev–Trinajstić information content (AvgIpc) is 3.09. The van der Waals surface area contributed by atoms with Gasteiger partial charge in [-0.3, -0.25) is 0 Å². The van der Waals surface area contributed by atoms with Gasteiger partial charge in [0.15, 0.2) is 0 Å². The molecule has 1 aromatic heterocycles. The largest absolute Gasteiger partial charge is 0.358 e. The zero-order valence-corrected chi connectivity index (χ0v) is 19.6. The number of hydrogen-bond donors (Lipinski definition) is 0. The molecule has 7 heteroatoms. The molecule has 0 amide bonds. The smallest absolute Gasteiger partial charge is 0.340 e. The molecule has 1 heterocycles. The molecule has 0 N–H and O–H groups in total. The molecule has 0 aliphatic carbocycles. The van der Waals surface area contributed by atoms with Crippen molar-refractivity contribution in [2.24, 2.45) is 0 Å². The van der Waals surface area contributed by atoms with Crippen LogP contribution in [0.2, 0.25) is 5.02 Å². The third kappa shape index (κ3) is 4.42. The first-order valence-corrected chi connectivity index (χ1v) is 12.0. The van der Waals surface area contributed by atoms with Gasteiger partial charge in [0.1, 0.15) is 4.90 Å². The van der Waals surface area contributed by atoms with Crippen LogP contribution in [0.4, 0.5) is 0 Å². The van der Waals surface area contributed by atoms with Gasteiger partial charge < -0.3 is 4.18 Å². The Balaban J connectivity index is 1.88. The summed E-state index contributed by atoms with van der Waals surface area (Å²) in [5.74, 6) is 0.169. The van der Waals surface area contributed by atoms with E-state index in [1.807, 2.05) is 75.4 Å². The predicted octanol–water partition coefficient (Wildman–Crippen LogP) is 6.20. The molecular formula is C25H23ClN2O3S. The van der Waals surface area contributed by atoms with Crippen molar-refractivity contribution in [3.8, 4) is 17.0 Å². The highest BCUT2D eigenvalue weighted by Gasteiger charge is 2.28. The normalized spacial score (nSPS) is 12.5. The van der Waals surface area contributed by atoms with Crippen molar-refractivity contribution in [3.63, 3.8) is 0 Å². The minimum Gasteiger partial charge on any atom is -0.358 e. The van der Waals surface area contributed by atoms with Crippen molar-refractivity contribution in [2.75, 3.05) is 0 Å². The van der Waals surface area contributed by atoms with Crippen LogP contribution in [0.1, 0.15) is 29.8 Å². The van der Waals surface area contributed by atoms with Crippen LogP contribution in [-0.2, 0) is 10.1 Å². The zero-order valence-electron chi connectivity index (χ0n) is 18.0. The van der Waals surface area contributed by atoms with Crippen molar-refractivity contribution < 1.29 is 12.6 Å². The lowest BCUT2D eigenvalue weighted by Crippen LogP contribution is -2.16. The van der Waals surface area contributed by atoms with Crippen molar-refractivity contribution in [1.29, 1.82) is 0 Å². The number of halogens is 1.